The predicted molar refractivity (Wildman–Crippen MR) is 83.3 cm³/mol. The first-order valence-electron chi connectivity index (χ1n) is 6.40. The van der Waals surface area contributed by atoms with E-state index >= 15 is 0 Å². The number of benzene rings is 1. The Kier molecular flexibility index (Phi) is 4.74. The molecule has 1 aromatic heterocycles. The van der Waals surface area contributed by atoms with Crippen molar-refractivity contribution in [3.63, 3.8) is 0 Å². The maximum atomic E-state index is 7.76. The smallest absolute Gasteiger partial charge is 0.188 e. The molecule has 0 amide bonds. The number of amidine groups is 1. The van der Waals surface area contributed by atoms with E-state index in [9.17, 15) is 0 Å². The molecule has 1 unspecified atom stereocenters. The molecule has 0 aliphatic carbocycles. The molecule has 0 bridgehead atoms. The van der Waals surface area contributed by atoms with Crippen molar-refractivity contribution >= 4 is 17.6 Å². The SMILES string of the molecule is Cc1cc(C)nc(SCC(C(=N)N)c2ccccc2)n1. The van der Waals surface area contributed by atoms with Gasteiger partial charge < -0.3 is 5.73 Å². The van der Waals surface area contributed by atoms with Crippen molar-refractivity contribution < 1.29 is 0 Å². The molecule has 20 heavy (non-hydrogen) atoms. The molecule has 0 saturated carbocycles. The topological polar surface area (TPSA) is 75.7 Å². The number of rotatable bonds is 5. The average molecular weight is 286 g/mol. The van der Waals surface area contributed by atoms with E-state index in [1.54, 1.807) is 0 Å². The monoisotopic (exact) mass is 286 g/mol. The molecule has 4 nitrogen and oxygen atoms in total. The van der Waals surface area contributed by atoms with Crippen molar-refractivity contribution in [2.24, 2.45) is 5.73 Å². The average Bonchev–Trinajstić information content (AvgIpc) is 2.38. The highest BCUT2D eigenvalue weighted by molar-refractivity contribution is 7.99. The maximum absolute atomic E-state index is 7.76. The number of nitrogens with two attached hydrogens (primary N) is 1. The molecular formula is C15H18N4S. The van der Waals surface area contributed by atoms with Crippen LogP contribution in [0.15, 0.2) is 41.6 Å². The molecule has 0 aliphatic heterocycles. The molecule has 0 spiro atoms. The van der Waals surface area contributed by atoms with Gasteiger partial charge in [0.15, 0.2) is 5.16 Å². The lowest BCUT2D eigenvalue weighted by molar-refractivity contribution is 0.896. The van der Waals surface area contributed by atoms with Gasteiger partial charge in [-0.25, -0.2) is 9.97 Å². The molecule has 1 atom stereocenters. The Labute approximate surface area is 123 Å². The number of aryl methyl sites for hydroxylation is 2. The van der Waals surface area contributed by atoms with Gasteiger partial charge in [-0.15, -0.1) is 0 Å². The molecule has 3 N–H and O–H groups in total. The summed E-state index contributed by atoms with van der Waals surface area (Å²) in [4.78, 5) is 8.80. The summed E-state index contributed by atoms with van der Waals surface area (Å²) < 4.78 is 0. The summed E-state index contributed by atoms with van der Waals surface area (Å²) in [5, 5.41) is 8.50. The standard InChI is InChI=1S/C15H18N4S/c1-10-8-11(2)19-15(18-10)20-9-13(14(16)17)12-6-4-3-5-7-12/h3-8,13H,9H2,1-2H3,(H3,16,17). The second-order valence-electron chi connectivity index (χ2n) is 4.66. The van der Waals surface area contributed by atoms with Crippen LogP contribution in [-0.2, 0) is 0 Å². The Hall–Kier alpha value is -1.88. The lowest BCUT2D eigenvalue weighted by atomic mass is 10.0. The number of nitrogens with zero attached hydrogens (tertiary/aromatic N) is 2. The zero-order valence-electron chi connectivity index (χ0n) is 11.6. The first-order valence-corrected chi connectivity index (χ1v) is 7.39. The fourth-order valence-electron chi connectivity index (χ4n) is 1.97. The molecule has 0 radical (unpaired) electrons. The van der Waals surface area contributed by atoms with Crippen molar-refractivity contribution in [3.8, 4) is 0 Å². The summed E-state index contributed by atoms with van der Waals surface area (Å²) in [6.07, 6.45) is 0. The third-order valence-corrected chi connectivity index (χ3v) is 3.86. The van der Waals surface area contributed by atoms with Crippen LogP contribution >= 0.6 is 11.8 Å². The molecule has 5 heteroatoms. The first kappa shape index (κ1) is 14.5. The summed E-state index contributed by atoms with van der Waals surface area (Å²) in [5.41, 5.74) is 8.69. The van der Waals surface area contributed by atoms with Gasteiger partial charge in [0.2, 0.25) is 0 Å². The Bertz CT molecular complexity index is 578. The van der Waals surface area contributed by atoms with E-state index < -0.39 is 0 Å². The molecule has 104 valence electrons. The van der Waals surface area contributed by atoms with Crippen molar-refractivity contribution in [2.75, 3.05) is 5.75 Å². The summed E-state index contributed by atoms with van der Waals surface area (Å²) in [7, 11) is 0. The van der Waals surface area contributed by atoms with Crippen LogP contribution in [0.3, 0.4) is 0 Å². The van der Waals surface area contributed by atoms with Crippen LogP contribution in [0.1, 0.15) is 22.9 Å². The molecule has 0 fully saturated rings. The molecule has 1 heterocycles. The fourth-order valence-corrected chi connectivity index (χ4v) is 3.07. The molecule has 0 aliphatic rings. The zero-order valence-corrected chi connectivity index (χ0v) is 12.4. The lowest BCUT2D eigenvalue weighted by Gasteiger charge is -2.15. The van der Waals surface area contributed by atoms with E-state index in [0.29, 0.717) is 5.75 Å². The van der Waals surface area contributed by atoms with E-state index in [1.807, 2.05) is 50.2 Å². The highest BCUT2D eigenvalue weighted by Crippen LogP contribution is 2.24. The van der Waals surface area contributed by atoms with Gasteiger partial charge in [0.25, 0.3) is 0 Å². The van der Waals surface area contributed by atoms with Gasteiger partial charge in [-0.2, -0.15) is 0 Å². The Morgan fingerprint density at radius 2 is 1.80 bits per heavy atom. The largest absolute Gasteiger partial charge is 0.387 e. The normalized spacial score (nSPS) is 12.1. The van der Waals surface area contributed by atoms with Crippen molar-refractivity contribution in [1.29, 1.82) is 5.41 Å². The number of aromatic nitrogens is 2. The van der Waals surface area contributed by atoms with Crippen LogP contribution in [0.25, 0.3) is 0 Å². The van der Waals surface area contributed by atoms with Crippen molar-refractivity contribution in [1.82, 2.24) is 9.97 Å². The molecular weight excluding hydrogens is 268 g/mol. The summed E-state index contributed by atoms with van der Waals surface area (Å²) in [6.45, 7) is 3.91. The van der Waals surface area contributed by atoms with Crippen LogP contribution < -0.4 is 5.73 Å². The van der Waals surface area contributed by atoms with E-state index in [1.165, 1.54) is 11.8 Å². The molecule has 2 rings (SSSR count). The van der Waals surface area contributed by atoms with Gasteiger partial charge in [0, 0.05) is 17.1 Å². The summed E-state index contributed by atoms with van der Waals surface area (Å²) >= 11 is 1.54. The number of hydrogen-bond donors (Lipinski definition) is 2. The minimum absolute atomic E-state index is 0.106. The lowest BCUT2D eigenvalue weighted by Crippen LogP contribution is -2.22. The second-order valence-corrected chi connectivity index (χ2v) is 5.65. The second kappa shape index (κ2) is 6.52. The molecule has 2 aromatic rings. The van der Waals surface area contributed by atoms with E-state index in [4.69, 9.17) is 11.1 Å². The Balaban J connectivity index is 2.12. The minimum Gasteiger partial charge on any atom is -0.387 e. The zero-order chi connectivity index (χ0) is 14.5. The highest BCUT2D eigenvalue weighted by atomic mass is 32.2. The van der Waals surface area contributed by atoms with Gasteiger partial charge in [0.05, 0.1) is 11.8 Å². The minimum atomic E-state index is -0.106. The molecule has 0 saturated heterocycles. The number of hydrogen-bond acceptors (Lipinski definition) is 4. The van der Waals surface area contributed by atoms with E-state index in [0.717, 1.165) is 22.1 Å². The maximum Gasteiger partial charge on any atom is 0.188 e. The van der Waals surface area contributed by atoms with Crippen molar-refractivity contribution in [3.05, 3.63) is 53.3 Å². The fraction of sp³-hybridized carbons (Fsp3) is 0.267. The van der Waals surface area contributed by atoms with Crippen LogP contribution in [0.4, 0.5) is 0 Å². The number of thioether (sulfide) groups is 1. The van der Waals surface area contributed by atoms with Crippen LogP contribution in [-0.4, -0.2) is 21.6 Å². The van der Waals surface area contributed by atoms with Crippen LogP contribution in [0, 0.1) is 19.3 Å². The van der Waals surface area contributed by atoms with Crippen LogP contribution in [0.2, 0.25) is 0 Å². The Morgan fingerprint density at radius 3 is 2.35 bits per heavy atom. The van der Waals surface area contributed by atoms with Gasteiger partial charge in [-0.05, 0) is 25.5 Å². The first-order chi connectivity index (χ1) is 9.56. The predicted octanol–water partition coefficient (Wildman–Crippen LogP) is 2.91. The van der Waals surface area contributed by atoms with Gasteiger partial charge in [-0.3, -0.25) is 5.41 Å². The summed E-state index contributed by atoms with van der Waals surface area (Å²) in [6, 6.07) is 11.8. The Morgan fingerprint density at radius 1 is 1.20 bits per heavy atom. The quantitative estimate of drug-likeness (QED) is 0.383. The van der Waals surface area contributed by atoms with Crippen LogP contribution in [0.5, 0.6) is 0 Å². The van der Waals surface area contributed by atoms with Gasteiger partial charge >= 0.3 is 0 Å². The van der Waals surface area contributed by atoms with E-state index in [-0.39, 0.29) is 11.8 Å². The molecule has 1 aromatic carbocycles. The van der Waals surface area contributed by atoms with Crippen molar-refractivity contribution in [2.45, 2.75) is 24.9 Å². The van der Waals surface area contributed by atoms with Gasteiger partial charge in [-0.1, -0.05) is 42.1 Å². The summed E-state index contributed by atoms with van der Waals surface area (Å²) in [5.74, 6) is 0.737. The third kappa shape index (κ3) is 3.81. The van der Waals surface area contributed by atoms with Gasteiger partial charge in [0.1, 0.15) is 0 Å². The van der Waals surface area contributed by atoms with E-state index in [2.05, 4.69) is 9.97 Å². The third-order valence-electron chi connectivity index (χ3n) is 2.92. The number of nitrogens with one attached hydrogen (secondary N) is 1. The highest BCUT2D eigenvalue weighted by Gasteiger charge is 2.16.